The molecule has 0 aromatic rings. The monoisotopic (exact) mass is 480 g/mol. The van der Waals surface area contributed by atoms with Gasteiger partial charge in [0.1, 0.15) is 11.0 Å². The third-order valence-electron chi connectivity index (χ3n) is 10.9. The Morgan fingerprint density at radius 3 is 2.52 bits per heavy atom. The fourth-order valence-electron chi connectivity index (χ4n) is 8.58. The van der Waals surface area contributed by atoms with Crippen LogP contribution in [0.4, 0.5) is 0 Å². The lowest BCUT2D eigenvalue weighted by Crippen LogP contribution is -2.56. The number of rotatable bonds is 4. The summed E-state index contributed by atoms with van der Waals surface area (Å²) in [6.45, 7) is 10.8. The van der Waals surface area contributed by atoms with E-state index >= 15 is 0 Å². The summed E-state index contributed by atoms with van der Waals surface area (Å²) in [5, 5.41) is 21.6. The summed E-state index contributed by atoms with van der Waals surface area (Å²) in [4.78, 5) is 26.7. The summed E-state index contributed by atoms with van der Waals surface area (Å²) in [6, 6.07) is 0. The van der Waals surface area contributed by atoms with Crippen LogP contribution in [0.2, 0.25) is 18.1 Å². The number of ether oxygens (including phenoxy) is 2. The summed E-state index contributed by atoms with van der Waals surface area (Å²) in [5.41, 5.74) is -2.65. The maximum Gasteiger partial charge on any atom is 0.318 e. The summed E-state index contributed by atoms with van der Waals surface area (Å²) in [5.74, 6) is -1.65. The van der Waals surface area contributed by atoms with E-state index in [0.29, 0.717) is 18.8 Å². The van der Waals surface area contributed by atoms with E-state index in [-0.39, 0.29) is 28.4 Å². The third-order valence-corrected chi connectivity index (χ3v) is 15.4. The first-order valence-corrected chi connectivity index (χ1v) is 15.5. The van der Waals surface area contributed by atoms with E-state index in [1.54, 1.807) is 0 Å². The van der Waals surface area contributed by atoms with E-state index in [9.17, 15) is 19.8 Å². The SMILES string of the molecule is COC(=O)[C@H]1[C@H]2[C@@]3(CC[C@H](O)[C@]2(CO)C(=O)O3)[C@@H]2CC[C@@H]3C[C@@]21C[C@@H]3O[Si](C)(C)C(C)(C)C. The molecule has 4 saturated carbocycles. The van der Waals surface area contributed by atoms with E-state index in [4.69, 9.17) is 13.9 Å². The number of fused-ring (bicyclic) bond motifs is 1. The first-order chi connectivity index (χ1) is 15.3. The van der Waals surface area contributed by atoms with Gasteiger partial charge in [0.25, 0.3) is 0 Å². The van der Waals surface area contributed by atoms with Crippen molar-refractivity contribution in [2.75, 3.05) is 13.7 Å². The van der Waals surface area contributed by atoms with Crippen LogP contribution in [0.15, 0.2) is 0 Å². The molecule has 33 heavy (non-hydrogen) atoms. The Morgan fingerprint density at radius 2 is 1.91 bits per heavy atom. The predicted molar refractivity (Wildman–Crippen MR) is 123 cm³/mol. The summed E-state index contributed by atoms with van der Waals surface area (Å²) in [6.07, 6.45) is 3.45. The van der Waals surface area contributed by atoms with Crippen molar-refractivity contribution in [1.82, 2.24) is 0 Å². The van der Waals surface area contributed by atoms with Gasteiger partial charge >= 0.3 is 11.9 Å². The van der Waals surface area contributed by atoms with E-state index in [1.165, 1.54) is 7.11 Å². The van der Waals surface area contributed by atoms with Gasteiger partial charge in [0.05, 0.1) is 25.7 Å². The van der Waals surface area contributed by atoms with Crippen LogP contribution >= 0.6 is 0 Å². The first-order valence-electron chi connectivity index (χ1n) is 12.6. The average Bonchev–Trinajstić information content (AvgIpc) is 3.21. The van der Waals surface area contributed by atoms with Crippen LogP contribution in [-0.4, -0.2) is 62.0 Å². The number of esters is 2. The topological polar surface area (TPSA) is 102 Å². The maximum absolute atomic E-state index is 13.5. The zero-order valence-electron chi connectivity index (χ0n) is 20.8. The van der Waals surface area contributed by atoms with Crippen LogP contribution in [0.5, 0.6) is 0 Å². The molecular formula is C25H40O7Si. The highest BCUT2D eigenvalue weighted by Crippen LogP contribution is 2.77. The van der Waals surface area contributed by atoms with Gasteiger partial charge in [-0.1, -0.05) is 20.8 Å². The van der Waals surface area contributed by atoms with Gasteiger partial charge in [0.15, 0.2) is 8.32 Å². The molecule has 4 aliphatic carbocycles. The van der Waals surface area contributed by atoms with Crippen molar-refractivity contribution in [3.63, 3.8) is 0 Å². The summed E-state index contributed by atoms with van der Waals surface area (Å²) in [7, 11) is -0.620. The number of methoxy groups -OCH3 is 1. The lowest BCUT2D eigenvalue weighted by molar-refractivity contribution is -0.167. The van der Waals surface area contributed by atoms with Crippen molar-refractivity contribution >= 4 is 20.3 Å². The Labute approximate surface area is 197 Å². The Morgan fingerprint density at radius 1 is 1.21 bits per heavy atom. The van der Waals surface area contributed by atoms with Crippen LogP contribution < -0.4 is 0 Å². The second-order valence-corrected chi connectivity index (χ2v) is 17.8. The number of hydrogen-bond donors (Lipinski definition) is 2. The van der Waals surface area contributed by atoms with Crippen molar-refractivity contribution in [2.24, 2.45) is 34.5 Å². The second-order valence-electron chi connectivity index (χ2n) is 13.0. The molecule has 5 fully saturated rings. The quantitative estimate of drug-likeness (QED) is 0.471. The van der Waals surface area contributed by atoms with Crippen molar-refractivity contribution in [3.8, 4) is 0 Å². The number of aliphatic hydroxyl groups excluding tert-OH is 2. The highest BCUT2D eigenvalue weighted by molar-refractivity contribution is 6.74. The minimum Gasteiger partial charge on any atom is -0.469 e. The molecular weight excluding hydrogens is 440 g/mol. The molecule has 1 aliphatic heterocycles. The van der Waals surface area contributed by atoms with Crippen LogP contribution in [0.3, 0.4) is 0 Å². The number of aliphatic hydroxyl groups is 2. The Balaban J connectivity index is 1.61. The third kappa shape index (κ3) is 2.72. The molecule has 2 N–H and O–H groups in total. The lowest BCUT2D eigenvalue weighted by atomic mass is 9.58. The van der Waals surface area contributed by atoms with E-state index in [1.807, 2.05) is 0 Å². The molecule has 0 aromatic heterocycles. The van der Waals surface area contributed by atoms with Gasteiger partial charge in [-0.3, -0.25) is 9.59 Å². The van der Waals surface area contributed by atoms with Gasteiger partial charge in [-0.05, 0) is 68.0 Å². The smallest absolute Gasteiger partial charge is 0.318 e. The number of carbonyl (C=O) groups is 2. The normalized spacial score (nSPS) is 48.3. The van der Waals surface area contributed by atoms with Gasteiger partial charge in [0, 0.05) is 17.9 Å². The van der Waals surface area contributed by atoms with E-state index in [2.05, 4.69) is 33.9 Å². The second kappa shape index (κ2) is 7.05. The number of carbonyl (C=O) groups excluding carboxylic acids is 2. The molecule has 9 atom stereocenters. The van der Waals surface area contributed by atoms with Gasteiger partial charge in [-0.25, -0.2) is 0 Å². The minimum absolute atomic E-state index is 0.0215. The highest BCUT2D eigenvalue weighted by atomic mass is 28.4. The molecule has 0 amide bonds. The van der Waals surface area contributed by atoms with Crippen molar-refractivity contribution in [2.45, 2.75) is 95.2 Å². The molecule has 5 rings (SSSR count). The molecule has 7 nitrogen and oxygen atoms in total. The molecule has 8 heteroatoms. The Kier molecular flexibility index (Phi) is 5.07. The van der Waals surface area contributed by atoms with Crippen LogP contribution in [-0.2, 0) is 23.5 Å². The Bertz CT molecular complexity index is 867. The predicted octanol–water partition coefficient (Wildman–Crippen LogP) is 3.03. The molecule has 0 radical (unpaired) electrons. The fourth-order valence-corrected chi connectivity index (χ4v) is 9.97. The fraction of sp³-hybridized carbons (Fsp3) is 0.920. The van der Waals surface area contributed by atoms with Gasteiger partial charge in [-0.15, -0.1) is 0 Å². The molecule has 0 unspecified atom stereocenters. The van der Waals surface area contributed by atoms with E-state index < -0.39 is 49.8 Å². The van der Waals surface area contributed by atoms with Crippen molar-refractivity contribution in [3.05, 3.63) is 0 Å². The highest BCUT2D eigenvalue weighted by Gasteiger charge is 2.84. The minimum atomic E-state index is -2.02. The maximum atomic E-state index is 13.5. The molecule has 1 spiro atoms. The first kappa shape index (κ1) is 23.8. The molecule has 186 valence electrons. The summed E-state index contributed by atoms with van der Waals surface area (Å²) < 4.78 is 18.5. The average molecular weight is 481 g/mol. The van der Waals surface area contributed by atoms with E-state index in [0.717, 1.165) is 25.7 Å². The van der Waals surface area contributed by atoms with Crippen molar-refractivity contribution in [1.29, 1.82) is 0 Å². The molecule has 0 aromatic carbocycles. The van der Waals surface area contributed by atoms with Gasteiger partial charge in [0.2, 0.25) is 0 Å². The number of hydrogen-bond acceptors (Lipinski definition) is 7. The zero-order chi connectivity index (χ0) is 24.2. The Hall–Kier alpha value is -0.963. The lowest BCUT2D eigenvalue weighted by Gasteiger charge is -2.45. The van der Waals surface area contributed by atoms with Crippen LogP contribution in [0.25, 0.3) is 0 Å². The molecule has 1 saturated heterocycles. The van der Waals surface area contributed by atoms with Gasteiger partial charge < -0.3 is 24.1 Å². The molecule has 1 heterocycles. The largest absolute Gasteiger partial charge is 0.469 e. The summed E-state index contributed by atoms with van der Waals surface area (Å²) >= 11 is 0. The van der Waals surface area contributed by atoms with Crippen LogP contribution in [0, 0.1) is 34.5 Å². The zero-order valence-corrected chi connectivity index (χ0v) is 21.8. The standard InChI is InChI=1S/C25H40O7Si/c1-22(2,3)33(5,6)32-15-12-23-11-14(15)7-8-16(23)25-10-9-17(27)24(13-26,21(29)31-25)19(25)18(23)20(28)30-4/h14-19,26-27H,7-13H2,1-6H3/t14-,15+,16-,17+,18-,19-,23-,24+,25-/m1/s1. The molecule has 5 aliphatic rings. The van der Waals surface area contributed by atoms with Gasteiger partial charge in [-0.2, -0.15) is 0 Å². The van der Waals surface area contributed by atoms with Crippen LogP contribution in [0.1, 0.15) is 59.3 Å². The van der Waals surface area contributed by atoms with Crippen molar-refractivity contribution < 1.29 is 33.7 Å². The molecule has 4 bridgehead atoms.